The van der Waals surface area contributed by atoms with Gasteiger partial charge < -0.3 is 5.73 Å². The number of benzene rings is 1. The Morgan fingerprint density at radius 1 is 1.62 bits per heavy atom. The highest BCUT2D eigenvalue weighted by Crippen LogP contribution is 2.23. The molecule has 1 nitrogen and oxygen atoms in total. The zero-order valence-electron chi connectivity index (χ0n) is 7.26. The molecule has 0 heterocycles. The molecule has 0 spiro atoms. The molecule has 0 radical (unpaired) electrons. The number of rotatable bonds is 3. The molecule has 0 bridgehead atoms. The lowest BCUT2D eigenvalue weighted by Gasteiger charge is -2.11. The molecular weight excluding hydrogens is 253 g/mol. The monoisotopic (exact) mass is 263 g/mol. The van der Waals surface area contributed by atoms with Gasteiger partial charge in [-0.15, -0.1) is 0 Å². The van der Waals surface area contributed by atoms with Gasteiger partial charge in [-0.25, -0.2) is 4.39 Å². The Morgan fingerprint density at radius 2 is 2.31 bits per heavy atom. The molecule has 0 aromatic heterocycles. The highest BCUT2D eigenvalue weighted by molar-refractivity contribution is 9.10. The Morgan fingerprint density at radius 3 is 2.92 bits per heavy atom. The molecule has 0 amide bonds. The van der Waals surface area contributed by atoms with E-state index in [-0.39, 0.29) is 11.9 Å². The molecule has 0 aliphatic heterocycles. The maximum absolute atomic E-state index is 13.4. The Balaban J connectivity index is 2.93. The van der Waals surface area contributed by atoms with Crippen molar-refractivity contribution in [2.45, 2.75) is 6.04 Å². The molecule has 0 fully saturated rings. The standard InChI is InChI=1S/C9H11BrFNS/c1-13-5-8(12)6-3-2-4-7(10)9(6)11/h2-4,8H,5,12H2,1H3. The van der Waals surface area contributed by atoms with E-state index in [0.29, 0.717) is 10.0 Å². The first-order chi connectivity index (χ1) is 6.16. The summed E-state index contributed by atoms with van der Waals surface area (Å²) in [4.78, 5) is 0. The Bertz CT molecular complexity index is 293. The maximum Gasteiger partial charge on any atom is 0.142 e. The fourth-order valence-corrected chi connectivity index (χ4v) is 2.00. The number of nitrogens with two attached hydrogens (primary N) is 1. The van der Waals surface area contributed by atoms with E-state index >= 15 is 0 Å². The molecule has 0 aliphatic carbocycles. The van der Waals surface area contributed by atoms with E-state index in [9.17, 15) is 4.39 Å². The number of hydrogen-bond acceptors (Lipinski definition) is 2. The smallest absolute Gasteiger partial charge is 0.142 e. The quantitative estimate of drug-likeness (QED) is 0.908. The first kappa shape index (κ1) is 11.0. The predicted molar refractivity (Wildman–Crippen MR) is 59.4 cm³/mol. The summed E-state index contributed by atoms with van der Waals surface area (Å²) in [5, 5.41) is 0. The van der Waals surface area contributed by atoms with E-state index in [1.165, 1.54) is 0 Å². The van der Waals surface area contributed by atoms with Crippen LogP contribution >= 0.6 is 27.7 Å². The second-order valence-corrected chi connectivity index (χ2v) is 4.47. The number of hydrogen-bond donors (Lipinski definition) is 1. The first-order valence-electron chi connectivity index (χ1n) is 3.85. The van der Waals surface area contributed by atoms with Crippen LogP contribution in [0.3, 0.4) is 0 Å². The van der Waals surface area contributed by atoms with Crippen molar-refractivity contribution in [2.75, 3.05) is 12.0 Å². The second-order valence-electron chi connectivity index (χ2n) is 2.70. The van der Waals surface area contributed by atoms with Gasteiger partial charge in [0.1, 0.15) is 5.82 Å². The summed E-state index contributed by atoms with van der Waals surface area (Å²) >= 11 is 4.74. The summed E-state index contributed by atoms with van der Waals surface area (Å²) in [6.45, 7) is 0. The molecule has 0 saturated carbocycles. The average Bonchev–Trinajstić information content (AvgIpc) is 2.10. The van der Waals surface area contributed by atoms with Crippen molar-refractivity contribution in [3.8, 4) is 0 Å². The van der Waals surface area contributed by atoms with E-state index < -0.39 is 0 Å². The van der Waals surface area contributed by atoms with Gasteiger partial charge in [0.25, 0.3) is 0 Å². The van der Waals surface area contributed by atoms with Crippen LogP contribution in [0.2, 0.25) is 0 Å². The van der Waals surface area contributed by atoms with Crippen LogP contribution in [0.5, 0.6) is 0 Å². The van der Waals surface area contributed by atoms with Gasteiger partial charge in [-0.2, -0.15) is 11.8 Å². The van der Waals surface area contributed by atoms with Gasteiger partial charge >= 0.3 is 0 Å². The lowest BCUT2D eigenvalue weighted by Crippen LogP contribution is -2.14. The maximum atomic E-state index is 13.4. The topological polar surface area (TPSA) is 26.0 Å². The summed E-state index contributed by atoms with van der Waals surface area (Å²) in [6, 6.07) is 4.96. The third kappa shape index (κ3) is 2.69. The Labute approximate surface area is 90.0 Å². The minimum atomic E-state index is -0.246. The fraction of sp³-hybridized carbons (Fsp3) is 0.333. The number of thioether (sulfide) groups is 1. The third-order valence-corrected chi connectivity index (χ3v) is 3.03. The van der Waals surface area contributed by atoms with Gasteiger partial charge in [0, 0.05) is 17.4 Å². The van der Waals surface area contributed by atoms with Crippen LogP contribution in [0.15, 0.2) is 22.7 Å². The van der Waals surface area contributed by atoms with Gasteiger partial charge in [0.15, 0.2) is 0 Å². The molecule has 1 atom stereocenters. The van der Waals surface area contributed by atoms with Crippen molar-refractivity contribution in [2.24, 2.45) is 5.73 Å². The first-order valence-corrected chi connectivity index (χ1v) is 6.04. The zero-order valence-corrected chi connectivity index (χ0v) is 9.66. The molecule has 1 rings (SSSR count). The lowest BCUT2D eigenvalue weighted by molar-refractivity contribution is 0.589. The summed E-state index contributed by atoms with van der Waals surface area (Å²) < 4.78 is 13.9. The second kappa shape index (κ2) is 4.98. The fourth-order valence-electron chi connectivity index (χ4n) is 1.08. The van der Waals surface area contributed by atoms with Crippen LogP contribution in [0, 0.1) is 5.82 Å². The molecule has 1 unspecified atom stereocenters. The minimum absolute atomic E-state index is 0.229. The highest BCUT2D eigenvalue weighted by atomic mass is 79.9. The van der Waals surface area contributed by atoms with Crippen LogP contribution in [0.1, 0.15) is 11.6 Å². The minimum Gasteiger partial charge on any atom is -0.323 e. The molecule has 0 saturated heterocycles. The highest BCUT2D eigenvalue weighted by Gasteiger charge is 2.12. The van der Waals surface area contributed by atoms with Crippen LogP contribution in [-0.4, -0.2) is 12.0 Å². The lowest BCUT2D eigenvalue weighted by atomic mass is 10.1. The molecule has 2 N–H and O–H groups in total. The van der Waals surface area contributed by atoms with Crippen molar-refractivity contribution >= 4 is 27.7 Å². The summed E-state index contributed by atoms with van der Waals surface area (Å²) in [5.74, 6) is 0.483. The summed E-state index contributed by atoms with van der Waals surface area (Å²) in [6.07, 6.45) is 1.95. The van der Waals surface area contributed by atoms with Crippen LogP contribution in [-0.2, 0) is 0 Å². The zero-order chi connectivity index (χ0) is 9.84. The molecule has 1 aromatic rings. The SMILES string of the molecule is CSCC(N)c1cccc(Br)c1F. The molecule has 13 heavy (non-hydrogen) atoms. The van der Waals surface area contributed by atoms with E-state index in [1.807, 2.05) is 6.26 Å². The average molecular weight is 264 g/mol. The van der Waals surface area contributed by atoms with Gasteiger partial charge in [0.2, 0.25) is 0 Å². The summed E-state index contributed by atoms with van der Waals surface area (Å²) in [7, 11) is 0. The van der Waals surface area contributed by atoms with Crippen LogP contribution < -0.4 is 5.73 Å². The largest absolute Gasteiger partial charge is 0.323 e. The Hall–Kier alpha value is -0.0600. The van der Waals surface area contributed by atoms with E-state index in [0.717, 1.165) is 5.75 Å². The van der Waals surface area contributed by atoms with Gasteiger partial charge in [-0.05, 0) is 28.3 Å². The molecule has 1 aromatic carbocycles. The van der Waals surface area contributed by atoms with Gasteiger partial charge in [-0.1, -0.05) is 12.1 Å². The van der Waals surface area contributed by atoms with E-state index in [2.05, 4.69) is 15.9 Å². The van der Waals surface area contributed by atoms with Crippen molar-refractivity contribution in [1.29, 1.82) is 0 Å². The Kier molecular flexibility index (Phi) is 4.22. The molecule has 4 heteroatoms. The molecular formula is C9H11BrFNS. The molecule has 0 aliphatic rings. The number of halogens is 2. The van der Waals surface area contributed by atoms with Crippen molar-refractivity contribution in [3.63, 3.8) is 0 Å². The van der Waals surface area contributed by atoms with Gasteiger partial charge in [0.05, 0.1) is 4.47 Å². The normalized spacial score (nSPS) is 12.9. The van der Waals surface area contributed by atoms with Gasteiger partial charge in [-0.3, -0.25) is 0 Å². The van der Waals surface area contributed by atoms with Crippen LogP contribution in [0.4, 0.5) is 4.39 Å². The molecule has 72 valence electrons. The van der Waals surface area contributed by atoms with Crippen molar-refractivity contribution in [1.82, 2.24) is 0 Å². The van der Waals surface area contributed by atoms with E-state index in [4.69, 9.17) is 5.73 Å². The van der Waals surface area contributed by atoms with E-state index in [1.54, 1.807) is 30.0 Å². The predicted octanol–water partition coefficient (Wildman–Crippen LogP) is 2.95. The third-order valence-electron chi connectivity index (χ3n) is 1.73. The summed E-state index contributed by atoms with van der Waals surface area (Å²) in [5.41, 5.74) is 6.37. The van der Waals surface area contributed by atoms with Crippen LogP contribution in [0.25, 0.3) is 0 Å². The van der Waals surface area contributed by atoms with Crippen molar-refractivity contribution in [3.05, 3.63) is 34.1 Å². The van der Waals surface area contributed by atoms with Crippen molar-refractivity contribution < 1.29 is 4.39 Å².